The Morgan fingerprint density at radius 1 is 0.935 bits per heavy atom. The molecule has 168 valence electrons. The Labute approximate surface area is 186 Å². The van der Waals surface area contributed by atoms with Crippen LogP contribution >= 0.6 is 0 Å². The lowest BCUT2D eigenvalue weighted by atomic mass is 9.92. The summed E-state index contributed by atoms with van der Waals surface area (Å²) in [5.41, 5.74) is 3.72. The van der Waals surface area contributed by atoms with Crippen LogP contribution in [0.4, 0.5) is 0 Å². The molecule has 0 saturated heterocycles. The molecule has 1 amide bonds. The number of nitrogens with one attached hydrogen (secondary N) is 1. The third-order valence-electron chi connectivity index (χ3n) is 5.69. The van der Waals surface area contributed by atoms with Gasteiger partial charge >= 0.3 is 0 Å². The van der Waals surface area contributed by atoms with Crippen LogP contribution in [0.3, 0.4) is 0 Å². The van der Waals surface area contributed by atoms with Crippen LogP contribution in [-0.4, -0.2) is 25.2 Å². The number of carbonyl (C=O) groups is 1. The highest BCUT2D eigenvalue weighted by Crippen LogP contribution is 2.31. The monoisotopic (exact) mass is 425 g/mol. The van der Waals surface area contributed by atoms with Crippen LogP contribution in [0.2, 0.25) is 0 Å². The SMILES string of the molecule is CCOc1ccc([C@H](C)NC(=O)[C@@H](CC)Oc2ccc3c(c2)CCCC3)cc1OCC. The zero-order chi connectivity index (χ0) is 22.2. The largest absolute Gasteiger partial charge is 0.490 e. The third kappa shape index (κ3) is 5.93. The number of benzene rings is 2. The minimum atomic E-state index is -0.529. The number of hydrogen-bond donors (Lipinski definition) is 1. The van der Waals surface area contributed by atoms with Crippen molar-refractivity contribution in [2.75, 3.05) is 13.2 Å². The van der Waals surface area contributed by atoms with Crippen molar-refractivity contribution in [1.82, 2.24) is 5.32 Å². The third-order valence-corrected chi connectivity index (χ3v) is 5.69. The van der Waals surface area contributed by atoms with Crippen molar-refractivity contribution in [2.24, 2.45) is 0 Å². The standard InChI is InChI=1S/C26H35NO4/c1-5-23(31-22-14-12-19-10-8-9-11-21(19)16-22)26(28)27-18(4)20-13-15-24(29-6-2)25(17-20)30-7-3/h12-18,23H,5-11H2,1-4H3,(H,27,28)/t18-,23+/m0/s1. The summed E-state index contributed by atoms with van der Waals surface area (Å²) in [6.07, 6.45) is 4.77. The first-order chi connectivity index (χ1) is 15.0. The van der Waals surface area contributed by atoms with Crippen molar-refractivity contribution in [3.63, 3.8) is 0 Å². The Kier molecular flexibility index (Phi) is 8.21. The molecule has 1 aliphatic carbocycles. The first kappa shape index (κ1) is 23.0. The average molecular weight is 426 g/mol. The number of ether oxygens (including phenoxy) is 3. The fourth-order valence-corrected chi connectivity index (χ4v) is 4.00. The number of fused-ring (bicyclic) bond motifs is 1. The number of hydrogen-bond acceptors (Lipinski definition) is 4. The summed E-state index contributed by atoms with van der Waals surface area (Å²) in [6, 6.07) is 11.9. The number of amides is 1. The predicted molar refractivity (Wildman–Crippen MR) is 123 cm³/mol. The molecule has 0 aromatic heterocycles. The van der Waals surface area contributed by atoms with Gasteiger partial charge in [0.2, 0.25) is 0 Å². The summed E-state index contributed by atoms with van der Waals surface area (Å²) in [5, 5.41) is 3.09. The summed E-state index contributed by atoms with van der Waals surface area (Å²) >= 11 is 0. The molecule has 0 aliphatic heterocycles. The van der Waals surface area contributed by atoms with Crippen molar-refractivity contribution in [1.29, 1.82) is 0 Å². The minimum Gasteiger partial charge on any atom is -0.490 e. The van der Waals surface area contributed by atoms with Gasteiger partial charge in [-0.3, -0.25) is 4.79 Å². The number of rotatable bonds is 10. The summed E-state index contributed by atoms with van der Waals surface area (Å²) in [5.74, 6) is 2.07. The number of carbonyl (C=O) groups excluding carboxylic acids is 1. The zero-order valence-electron chi connectivity index (χ0n) is 19.2. The van der Waals surface area contributed by atoms with Gasteiger partial charge in [0.1, 0.15) is 5.75 Å². The molecule has 3 rings (SSSR count). The Morgan fingerprint density at radius 3 is 2.35 bits per heavy atom. The quantitative estimate of drug-likeness (QED) is 0.554. The molecule has 0 heterocycles. The minimum absolute atomic E-state index is 0.112. The normalized spacial score (nSPS) is 14.8. The predicted octanol–water partition coefficient (Wildman–Crippen LogP) is 5.40. The summed E-state index contributed by atoms with van der Waals surface area (Å²) in [7, 11) is 0. The molecule has 2 aromatic carbocycles. The fourth-order valence-electron chi connectivity index (χ4n) is 4.00. The van der Waals surface area contributed by atoms with E-state index in [1.54, 1.807) is 0 Å². The van der Waals surface area contributed by atoms with E-state index in [1.807, 2.05) is 52.0 Å². The van der Waals surface area contributed by atoms with E-state index in [0.717, 1.165) is 24.2 Å². The van der Waals surface area contributed by atoms with Crippen molar-refractivity contribution in [2.45, 2.75) is 71.9 Å². The molecule has 2 aromatic rings. The molecular weight excluding hydrogens is 390 g/mol. The Bertz CT molecular complexity index is 880. The van der Waals surface area contributed by atoms with Crippen molar-refractivity contribution >= 4 is 5.91 Å². The van der Waals surface area contributed by atoms with Gasteiger partial charge in [0, 0.05) is 0 Å². The van der Waals surface area contributed by atoms with E-state index in [1.165, 1.54) is 24.0 Å². The molecule has 0 fully saturated rings. The molecule has 1 N–H and O–H groups in total. The summed E-state index contributed by atoms with van der Waals surface area (Å²) < 4.78 is 17.4. The topological polar surface area (TPSA) is 56.8 Å². The maximum atomic E-state index is 12.9. The van der Waals surface area contributed by atoms with Crippen LogP contribution in [0.15, 0.2) is 36.4 Å². The first-order valence-electron chi connectivity index (χ1n) is 11.5. The van der Waals surface area contributed by atoms with Crippen LogP contribution in [-0.2, 0) is 17.6 Å². The Hall–Kier alpha value is -2.69. The smallest absolute Gasteiger partial charge is 0.261 e. The lowest BCUT2D eigenvalue weighted by Crippen LogP contribution is -2.39. The lowest BCUT2D eigenvalue weighted by Gasteiger charge is -2.23. The molecule has 1 aliphatic rings. The van der Waals surface area contributed by atoms with E-state index in [-0.39, 0.29) is 11.9 Å². The van der Waals surface area contributed by atoms with Gasteiger partial charge in [-0.05, 0) is 93.8 Å². The van der Waals surface area contributed by atoms with Crippen molar-refractivity contribution in [3.05, 3.63) is 53.1 Å². The van der Waals surface area contributed by atoms with E-state index >= 15 is 0 Å². The molecule has 0 radical (unpaired) electrons. The average Bonchev–Trinajstić information content (AvgIpc) is 2.78. The summed E-state index contributed by atoms with van der Waals surface area (Å²) in [6.45, 7) is 8.95. The van der Waals surface area contributed by atoms with Gasteiger partial charge in [0.25, 0.3) is 5.91 Å². The molecule has 0 bridgehead atoms. The molecule has 5 heteroatoms. The van der Waals surface area contributed by atoms with Gasteiger partial charge in [-0.1, -0.05) is 19.1 Å². The summed E-state index contributed by atoms with van der Waals surface area (Å²) in [4.78, 5) is 12.9. The molecular formula is C26H35NO4. The highest BCUT2D eigenvalue weighted by molar-refractivity contribution is 5.81. The molecule has 0 spiro atoms. The van der Waals surface area contributed by atoms with E-state index < -0.39 is 6.10 Å². The van der Waals surface area contributed by atoms with E-state index in [4.69, 9.17) is 14.2 Å². The molecule has 31 heavy (non-hydrogen) atoms. The fraction of sp³-hybridized carbons (Fsp3) is 0.500. The Balaban J connectivity index is 1.66. The second-order valence-electron chi connectivity index (χ2n) is 7.95. The highest BCUT2D eigenvalue weighted by Gasteiger charge is 2.22. The zero-order valence-corrected chi connectivity index (χ0v) is 19.2. The van der Waals surface area contributed by atoms with Crippen molar-refractivity contribution < 1.29 is 19.0 Å². The maximum absolute atomic E-state index is 12.9. The van der Waals surface area contributed by atoms with Crippen molar-refractivity contribution in [3.8, 4) is 17.2 Å². The highest BCUT2D eigenvalue weighted by atomic mass is 16.5. The second kappa shape index (κ2) is 11.1. The second-order valence-corrected chi connectivity index (χ2v) is 7.95. The maximum Gasteiger partial charge on any atom is 0.261 e. The van der Waals surface area contributed by atoms with E-state index in [0.29, 0.717) is 31.1 Å². The molecule has 0 saturated carbocycles. The van der Waals surface area contributed by atoms with Crippen LogP contribution in [0.1, 0.15) is 69.7 Å². The van der Waals surface area contributed by atoms with Gasteiger partial charge in [0.15, 0.2) is 17.6 Å². The van der Waals surface area contributed by atoms with Gasteiger partial charge in [-0.15, -0.1) is 0 Å². The van der Waals surface area contributed by atoms with Crippen LogP contribution < -0.4 is 19.5 Å². The molecule has 5 nitrogen and oxygen atoms in total. The Morgan fingerprint density at radius 2 is 1.65 bits per heavy atom. The van der Waals surface area contributed by atoms with Crippen LogP contribution in [0, 0.1) is 0 Å². The lowest BCUT2D eigenvalue weighted by molar-refractivity contribution is -0.128. The molecule has 0 unspecified atom stereocenters. The van der Waals surface area contributed by atoms with E-state index in [2.05, 4.69) is 17.4 Å². The first-order valence-corrected chi connectivity index (χ1v) is 11.5. The van der Waals surface area contributed by atoms with Gasteiger partial charge in [0.05, 0.1) is 19.3 Å². The van der Waals surface area contributed by atoms with E-state index in [9.17, 15) is 4.79 Å². The molecule has 2 atom stereocenters. The van der Waals surface area contributed by atoms with Crippen LogP contribution in [0.25, 0.3) is 0 Å². The van der Waals surface area contributed by atoms with Crippen LogP contribution in [0.5, 0.6) is 17.2 Å². The van der Waals surface area contributed by atoms with Gasteiger partial charge < -0.3 is 19.5 Å². The van der Waals surface area contributed by atoms with Gasteiger partial charge in [-0.25, -0.2) is 0 Å². The van der Waals surface area contributed by atoms with Gasteiger partial charge in [-0.2, -0.15) is 0 Å². The number of aryl methyl sites for hydroxylation is 2.